The molecule has 0 unspecified atom stereocenters. The number of carbonyl (C=O) groups is 2. The zero-order chi connectivity index (χ0) is 20.1. The van der Waals surface area contributed by atoms with E-state index in [1.807, 2.05) is 33.8 Å². The number of thiophene rings is 1. The zero-order valence-electron chi connectivity index (χ0n) is 16.0. The van der Waals surface area contributed by atoms with Gasteiger partial charge in [0.1, 0.15) is 16.6 Å². The highest BCUT2D eigenvalue weighted by Crippen LogP contribution is 2.33. The predicted molar refractivity (Wildman–Crippen MR) is 105 cm³/mol. The minimum atomic E-state index is -0.580. The summed E-state index contributed by atoms with van der Waals surface area (Å²) in [6.07, 6.45) is 3.28. The lowest BCUT2D eigenvalue weighted by Gasteiger charge is -2.04. The van der Waals surface area contributed by atoms with Gasteiger partial charge in [0.15, 0.2) is 0 Å². The second-order valence-electron chi connectivity index (χ2n) is 6.19. The first-order valence-corrected chi connectivity index (χ1v) is 9.31. The quantitative estimate of drug-likeness (QED) is 0.463. The van der Waals surface area contributed by atoms with Crippen molar-refractivity contribution in [1.29, 1.82) is 5.26 Å². The van der Waals surface area contributed by atoms with E-state index in [0.29, 0.717) is 17.1 Å². The summed E-state index contributed by atoms with van der Waals surface area (Å²) in [5.41, 5.74) is 1.65. The molecule has 2 rings (SSSR count). The Bertz CT molecular complexity index is 931. The Morgan fingerprint density at radius 2 is 2.19 bits per heavy atom. The molecule has 8 heteroatoms. The number of aromatic nitrogens is 2. The number of amides is 1. The molecule has 1 amide bonds. The van der Waals surface area contributed by atoms with Crippen LogP contribution in [-0.4, -0.2) is 28.8 Å². The van der Waals surface area contributed by atoms with Crippen LogP contribution in [-0.2, 0) is 16.1 Å². The van der Waals surface area contributed by atoms with Crippen molar-refractivity contribution >= 4 is 34.3 Å². The van der Waals surface area contributed by atoms with Crippen LogP contribution in [0.15, 0.2) is 17.8 Å². The lowest BCUT2D eigenvalue weighted by Crippen LogP contribution is -2.15. The van der Waals surface area contributed by atoms with Crippen LogP contribution in [0.25, 0.3) is 6.08 Å². The number of hydrogen-bond donors (Lipinski definition) is 1. The summed E-state index contributed by atoms with van der Waals surface area (Å²) in [4.78, 5) is 25.5. The monoisotopic (exact) mass is 386 g/mol. The maximum atomic E-state index is 12.6. The van der Waals surface area contributed by atoms with Crippen molar-refractivity contribution in [1.82, 2.24) is 9.78 Å². The van der Waals surface area contributed by atoms with E-state index in [4.69, 9.17) is 4.74 Å². The van der Waals surface area contributed by atoms with Crippen molar-refractivity contribution in [3.05, 3.63) is 39.5 Å². The van der Waals surface area contributed by atoms with E-state index in [1.165, 1.54) is 24.5 Å². The molecule has 0 aromatic carbocycles. The van der Waals surface area contributed by atoms with Crippen molar-refractivity contribution in [2.75, 3.05) is 12.4 Å². The molecule has 2 aromatic heterocycles. The van der Waals surface area contributed by atoms with Gasteiger partial charge >= 0.3 is 5.97 Å². The first-order chi connectivity index (χ1) is 12.8. The first kappa shape index (κ1) is 20.4. The van der Waals surface area contributed by atoms with Crippen molar-refractivity contribution in [2.45, 2.75) is 40.2 Å². The standard InChI is InChI=1S/C19H22N4O3S/c1-6-23-10-14(12(4)22-23)7-13(9-20)17(24)21-18-15(19(25)26-5)8-16(27-18)11(2)3/h7-8,10-11H,6H2,1-5H3,(H,21,24). The number of rotatable bonds is 6. The number of aryl methyl sites for hydroxylation is 2. The van der Waals surface area contributed by atoms with Crippen LogP contribution in [0, 0.1) is 18.3 Å². The number of carbonyl (C=O) groups excluding carboxylic acids is 2. The molecule has 7 nitrogen and oxygen atoms in total. The fourth-order valence-electron chi connectivity index (χ4n) is 2.36. The third-order valence-electron chi connectivity index (χ3n) is 3.93. The molecule has 0 bridgehead atoms. The summed E-state index contributed by atoms with van der Waals surface area (Å²) in [6.45, 7) is 8.45. The number of anilines is 1. The highest BCUT2D eigenvalue weighted by Gasteiger charge is 2.21. The molecule has 0 aliphatic carbocycles. The largest absolute Gasteiger partial charge is 0.465 e. The number of methoxy groups -OCH3 is 1. The van der Waals surface area contributed by atoms with Gasteiger partial charge in [0, 0.05) is 23.2 Å². The number of nitrogens with zero attached hydrogens (tertiary/aromatic N) is 3. The van der Waals surface area contributed by atoms with Gasteiger partial charge in [0.05, 0.1) is 18.4 Å². The van der Waals surface area contributed by atoms with E-state index in [-0.39, 0.29) is 17.1 Å². The lowest BCUT2D eigenvalue weighted by molar-refractivity contribution is -0.112. The van der Waals surface area contributed by atoms with Gasteiger partial charge in [-0.05, 0) is 31.9 Å². The van der Waals surface area contributed by atoms with Crippen LogP contribution in [0.4, 0.5) is 5.00 Å². The molecular weight excluding hydrogens is 364 g/mol. The molecule has 27 heavy (non-hydrogen) atoms. The molecule has 0 saturated heterocycles. The SMILES string of the molecule is CCn1cc(C=C(C#N)C(=O)Nc2sc(C(C)C)cc2C(=O)OC)c(C)n1. The van der Waals surface area contributed by atoms with Crippen LogP contribution in [0.1, 0.15) is 53.2 Å². The van der Waals surface area contributed by atoms with E-state index >= 15 is 0 Å². The Balaban J connectivity index is 2.34. The second-order valence-corrected chi connectivity index (χ2v) is 7.27. The Kier molecular flexibility index (Phi) is 6.53. The molecule has 0 atom stereocenters. The van der Waals surface area contributed by atoms with Crippen molar-refractivity contribution in [3.63, 3.8) is 0 Å². The highest BCUT2D eigenvalue weighted by atomic mass is 32.1. The third-order valence-corrected chi connectivity index (χ3v) is 5.28. The number of hydrogen-bond acceptors (Lipinski definition) is 6. The van der Waals surface area contributed by atoms with Gasteiger partial charge in [0.2, 0.25) is 0 Å². The molecule has 142 valence electrons. The Hall–Kier alpha value is -2.92. The zero-order valence-corrected chi connectivity index (χ0v) is 16.8. The number of nitriles is 1. The van der Waals surface area contributed by atoms with Crippen molar-refractivity contribution < 1.29 is 14.3 Å². The molecule has 0 spiro atoms. The van der Waals surface area contributed by atoms with E-state index < -0.39 is 11.9 Å². The maximum absolute atomic E-state index is 12.6. The summed E-state index contributed by atoms with van der Waals surface area (Å²) >= 11 is 1.30. The summed E-state index contributed by atoms with van der Waals surface area (Å²) in [7, 11) is 1.29. The molecular formula is C19H22N4O3S. The van der Waals surface area contributed by atoms with Crippen LogP contribution in [0.5, 0.6) is 0 Å². The fourth-order valence-corrected chi connectivity index (χ4v) is 3.40. The highest BCUT2D eigenvalue weighted by molar-refractivity contribution is 7.16. The van der Waals surface area contributed by atoms with Gasteiger partial charge in [-0.3, -0.25) is 9.48 Å². The Morgan fingerprint density at radius 3 is 2.70 bits per heavy atom. The van der Waals surface area contributed by atoms with Crippen molar-refractivity contribution in [3.8, 4) is 6.07 Å². The number of nitrogens with one attached hydrogen (secondary N) is 1. The summed E-state index contributed by atoms with van der Waals surface area (Å²) < 4.78 is 6.52. The van der Waals surface area contributed by atoms with Crippen LogP contribution < -0.4 is 5.32 Å². The van der Waals surface area contributed by atoms with Crippen LogP contribution in [0.2, 0.25) is 0 Å². The molecule has 1 N–H and O–H groups in total. The normalized spacial score (nSPS) is 11.4. The summed E-state index contributed by atoms with van der Waals surface area (Å²) in [6, 6.07) is 3.63. The average molecular weight is 386 g/mol. The second kappa shape index (κ2) is 8.64. The third kappa shape index (κ3) is 4.63. The predicted octanol–water partition coefficient (Wildman–Crippen LogP) is 3.73. The Labute approximate surface area is 162 Å². The number of esters is 1. The van der Waals surface area contributed by atoms with Gasteiger partial charge in [-0.1, -0.05) is 13.8 Å². The van der Waals surface area contributed by atoms with E-state index in [9.17, 15) is 14.9 Å². The van der Waals surface area contributed by atoms with Crippen LogP contribution in [0.3, 0.4) is 0 Å². The molecule has 0 aliphatic rings. The minimum absolute atomic E-state index is 0.0657. The van der Waals surface area contributed by atoms with Gasteiger partial charge in [0.25, 0.3) is 5.91 Å². The Morgan fingerprint density at radius 1 is 1.48 bits per heavy atom. The van der Waals surface area contributed by atoms with E-state index in [0.717, 1.165) is 10.6 Å². The lowest BCUT2D eigenvalue weighted by atomic mass is 10.1. The van der Waals surface area contributed by atoms with Crippen molar-refractivity contribution in [2.24, 2.45) is 0 Å². The van der Waals surface area contributed by atoms with E-state index in [2.05, 4.69) is 10.4 Å². The molecule has 0 radical (unpaired) electrons. The van der Waals surface area contributed by atoms with Gasteiger partial charge in [-0.15, -0.1) is 11.3 Å². The summed E-state index contributed by atoms with van der Waals surface area (Å²) in [5.74, 6) is -0.919. The van der Waals surface area contributed by atoms with Crippen LogP contribution >= 0.6 is 11.3 Å². The van der Waals surface area contributed by atoms with Gasteiger partial charge in [-0.2, -0.15) is 10.4 Å². The topological polar surface area (TPSA) is 97.0 Å². The average Bonchev–Trinajstić information content (AvgIpc) is 3.22. The molecule has 2 aromatic rings. The fraction of sp³-hybridized carbons (Fsp3) is 0.368. The smallest absolute Gasteiger partial charge is 0.340 e. The summed E-state index contributed by atoms with van der Waals surface area (Å²) in [5, 5.41) is 16.8. The molecule has 0 aliphatic heterocycles. The van der Waals surface area contributed by atoms with Gasteiger partial charge < -0.3 is 10.1 Å². The maximum Gasteiger partial charge on any atom is 0.340 e. The van der Waals surface area contributed by atoms with Gasteiger partial charge in [-0.25, -0.2) is 4.79 Å². The molecule has 0 fully saturated rings. The first-order valence-electron chi connectivity index (χ1n) is 8.49. The minimum Gasteiger partial charge on any atom is -0.465 e. The molecule has 0 saturated carbocycles. The molecule has 2 heterocycles. The van der Waals surface area contributed by atoms with E-state index in [1.54, 1.807) is 16.9 Å². The number of ether oxygens (including phenoxy) is 1.